The van der Waals surface area contributed by atoms with Crippen molar-refractivity contribution in [3.05, 3.63) is 65.7 Å². The van der Waals surface area contributed by atoms with Crippen molar-refractivity contribution in [1.29, 1.82) is 0 Å². The van der Waals surface area contributed by atoms with E-state index < -0.39 is 5.97 Å². The van der Waals surface area contributed by atoms with E-state index >= 15 is 0 Å². The van der Waals surface area contributed by atoms with Crippen LogP contribution in [0.3, 0.4) is 0 Å². The highest BCUT2D eigenvalue weighted by Crippen LogP contribution is 2.65. The number of phenols is 1. The molecule has 2 aliphatic carbocycles. The number of esters is 1. The molecule has 42 heavy (non-hydrogen) atoms. The van der Waals surface area contributed by atoms with Crippen LogP contribution in [0.25, 0.3) is 0 Å². The van der Waals surface area contributed by atoms with Crippen LogP contribution in [0.5, 0.6) is 17.2 Å². The summed E-state index contributed by atoms with van der Waals surface area (Å²) >= 11 is 0. The van der Waals surface area contributed by atoms with Crippen molar-refractivity contribution in [2.24, 2.45) is 5.92 Å². The Bertz CT molecular complexity index is 1410. The van der Waals surface area contributed by atoms with Gasteiger partial charge in [0.05, 0.1) is 6.04 Å². The van der Waals surface area contributed by atoms with E-state index in [1.165, 1.54) is 13.0 Å². The maximum Gasteiger partial charge on any atom is 0.308 e. The Morgan fingerprint density at radius 3 is 2.69 bits per heavy atom. The van der Waals surface area contributed by atoms with E-state index in [1.54, 1.807) is 0 Å². The van der Waals surface area contributed by atoms with E-state index in [-0.39, 0.29) is 46.8 Å². The van der Waals surface area contributed by atoms with Crippen LogP contribution in [0, 0.1) is 5.92 Å². The number of phenolic OH excluding ortho intramolecular Hbond substituents is 1. The van der Waals surface area contributed by atoms with E-state index in [1.807, 2.05) is 48.4 Å². The van der Waals surface area contributed by atoms with Gasteiger partial charge in [0.15, 0.2) is 17.3 Å². The second kappa shape index (κ2) is 11.2. The molecular weight excluding hydrogens is 532 g/mol. The Labute approximate surface area is 247 Å². The Morgan fingerprint density at radius 1 is 1.19 bits per heavy atom. The van der Waals surface area contributed by atoms with Crippen LogP contribution in [0.1, 0.15) is 73.4 Å². The first-order chi connectivity index (χ1) is 20.3. The van der Waals surface area contributed by atoms with E-state index in [2.05, 4.69) is 11.5 Å². The Morgan fingerprint density at radius 2 is 1.95 bits per heavy atom. The zero-order chi connectivity index (χ0) is 29.6. The number of carbonyl (C=O) groups excluding carboxylic acids is 3. The summed E-state index contributed by atoms with van der Waals surface area (Å²) in [5, 5.41) is 11.2. The number of rotatable bonds is 10. The molecule has 222 valence electrons. The molecule has 2 fully saturated rings. The number of aromatic hydroxyl groups is 1. The normalized spacial score (nSPS) is 27.0. The number of carbonyl (C=O) groups is 3. The summed E-state index contributed by atoms with van der Waals surface area (Å²) in [5.41, 5.74) is 2.18. The zero-order valence-electron chi connectivity index (χ0n) is 24.5. The maximum absolute atomic E-state index is 13.5. The van der Waals surface area contributed by atoms with Crippen LogP contribution in [0.2, 0.25) is 0 Å². The van der Waals surface area contributed by atoms with Crippen LogP contribution in [-0.2, 0) is 21.4 Å². The van der Waals surface area contributed by atoms with Gasteiger partial charge in [-0.2, -0.15) is 0 Å². The number of unbranched alkanes of at least 4 members (excludes halogenated alkanes) is 1. The molecule has 4 aliphatic rings. The van der Waals surface area contributed by atoms with Crippen LogP contribution < -0.4 is 9.47 Å². The van der Waals surface area contributed by atoms with Crippen molar-refractivity contribution in [2.75, 3.05) is 20.1 Å². The number of amides is 1. The number of ketones is 1. The van der Waals surface area contributed by atoms with E-state index in [4.69, 9.17) is 9.47 Å². The molecule has 2 aliphatic heterocycles. The molecule has 0 unspecified atom stereocenters. The van der Waals surface area contributed by atoms with Gasteiger partial charge in [-0.25, -0.2) is 0 Å². The Balaban J connectivity index is 1.24. The average Bonchev–Trinajstić information content (AvgIpc) is 3.32. The third-order valence-electron chi connectivity index (χ3n) is 10.1. The highest BCUT2D eigenvalue weighted by Gasteiger charge is 2.67. The van der Waals surface area contributed by atoms with Crippen LogP contribution in [0.15, 0.2) is 49.1 Å². The van der Waals surface area contributed by atoms with Crippen molar-refractivity contribution in [1.82, 2.24) is 9.80 Å². The molecule has 1 amide bonds. The minimum Gasteiger partial charge on any atom is -0.508 e. The monoisotopic (exact) mass is 572 g/mol. The average molecular weight is 573 g/mol. The molecule has 5 atom stereocenters. The van der Waals surface area contributed by atoms with Gasteiger partial charge in [0, 0.05) is 67.6 Å². The topological polar surface area (TPSA) is 96.4 Å². The molecule has 1 N–H and O–H groups in total. The summed E-state index contributed by atoms with van der Waals surface area (Å²) in [6, 6.07) is 10.9. The summed E-state index contributed by atoms with van der Waals surface area (Å²) in [6.45, 7) is 6.97. The third-order valence-corrected chi connectivity index (χ3v) is 10.1. The van der Waals surface area contributed by atoms with Crippen LogP contribution in [-0.4, -0.2) is 70.9 Å². The van der Waals surface area contributed by atoms with Crippen LogP contribution in [0.4, 0.5) is 0 Å². The molecule has 8 nitrogen and oxygen atoms in total. The molecule has 0 aromatic heterocycles. The van der Waals surface area contributed by atoms with Crippen molar-refractivity contribution in [3.63, 3.8) is 0 Å². The summed E-state index contributed by atoms with van der Waals surface area (Å²) in [7, 11) is 1.87. The highest BCUT2D eigenvalue weighted by atomic mass is 16.6. The summed E-state index contributed by atoms with van der Waals surface area (Å²) < 4.78 is 12.3. The summed E-state index contributed by atoms with van der Waals surface area (Å²) in [4.78, 5) is 42.3. The minimum atomic E-state index is -0.470. The summed E-state index contributed by atoms with van der Waals surface area (Å²) in [6.07, 6.45) is 7.00. The Hall–Kier alpha value is -3.65. The van der Waals surface area contributed by atoms with Gasteiger partial charge >= 0.3 is 5.97 Å². The van der Waals surface area contributed by atoms with E-state index in [9.17, 15) is 19.5 Å². The standard InChI is InChI=1S/C34H40N2O6/c1-4-17-36-18-16-34-24-14-15-25(35(3)30(40)13-9-8-12-27(38)22-10-6-5-7-11-22)33(34)42-32-29(41-21(2)37)20-28(39)23(31(32)34)19-26(24)36/h4-7,10-11,20,24-26,33,39H,1,8-9,12-19H2,2-3H3/t24-,25+,26+,33-,34-/m0/s1. The molecule has 1 spiro atoms. The Kier molecular flexibility index (Phi) is 7.60. The van der Waals surface area contributed by atoms with Gasteiger partial charge in [-0.05, 0) is 51.0 Å². The van der Waals surface area contributed by atoms with E-state index in [0.29, 0.717) is 49.3 Å². The van der Waals surface area contributed by atoms with Gasteiger partial charge in [-0.1, -0.05) is 36.4 Å². The number of piperidine rings is 1. The molecule has 1 saturated carbocycles. The molecule has 2 bridgehead atoms. The predicted molar refractivity (Wildman–Crippen MR) is 158 cm³/mol. The van der Waals surface area contributed by atoms with Crippen molar-refractivity contribution >= 4 is 17.7 Å². The lowest BCUT2D eigenvalue weighted by atomic mass is 9.51. The molecule has 0 radical (unpaired) electrons. The number of nitrogens with zero attached hydrogens (tertiary/aromatic N) is 2. The molecule has 2 heterocycles. The number of Topliss-reactive ketones (excluding diaryl/α,β-unsaturated/α-hetero) is 1. The number of ether oxygens (including phenoxy) is 2. The van der Waals surface area contributed by atoms with E-state index in [0.717, 1.165) is 43.5 Å². The van der Waals surface area contributed by atoms with Gasteiger partial charge < -0.3 is 19.5 Å². The van der Waals surface area contributed by atoms with Gasteiger partial charge in [0.1, 0.15) is 11.9 Å². The lowest BCUT2D eigenvalue weighted by molar-refractivity contribution is -0.140. The fourth-order valence-electron chi connectivity index (χ4n) is 8.36. The fraction of sp³-hybridized carbons (Fsp3) is 0.500. The number of hydrogen-bond acceptors (Lipinski definition) is 7. The molecule has 2 aromatic carbocycles. The second-order valence-electron chi connectivity index (χ2n) is 12.3. The number of benzene rings is 2. The van der Waals surface area contributed by atoms with Crippen LogP contribution >= 0.6 is 0 Å². The molecule has 1 saturated heterocycles. The van der Waals surface area contributed by atoms with Gasteiger partial charge in [-0.3, -0.25) is 19.3 Å². The largest absolute Gasteiger partial charge is 0.508 e. The number of likely N-dealkylation sites (tertiary alicyclic amines) is 1. The predicted octanol–water partition coefficient (Wildman–Crippen LogP) is 4.81. The summed E-state index contributed by atoms with van der Waals surface area (Å²) in [5.74, 6) is 0.904. The van der Waals surface area contributed by atoms with Gasteiger partial charge in [-0.15, -0.1) is 6.58 Å². The molecular formula is C34H40N2O6. The number of hydrogen-bond donors (Lipinski definition) is 1. The lowest BCUT2D eigenvalue weighted by Crippen LogP contribution is -2.68. The molecule has 6 rings (SSSR count). The second-order valence-corrected chi connectivity index (χ2v) is 12.3. The SMILES string of the molecule is C=CCN1CC[C@]23c4c5c(O)cc(OC(C)=O)c4O[C@H]2[C@H](N(C)C(=O)CCCCC(=O)c2ccccc2)CC[C@H]3[C@H]1C5. The first-order valence-corrected chi connectivity index (χ1v) is 15.2. The third kappa shape index (κ3) is 4.60. The minimum absolute atomic E-state index is 0.0429. The zero-order valence-corrected chi connectivity index (χ0v) is 24.5. The van der Waals surface area contributed by atoms with Crippen molar-refractivity contribution in [3.8, 4) is 17.2 Å². The number of likely N-dealkylation sites (N-methyl/N-ethyl adjacent to an activating group) is 1. The van der Waals surface area contributed by atoms with Crippen molar-refractivity contribution < 1.29 is 29.0 Å². The highest BCUT2D eigenvalue weighted by molar-refractivity contribution is 5.96. The fourth-order valence-corrected chi connectivity index (χ4v) is 8.36. The molecule has 2 aromatic rings. The van der Waals surface area contributed by atoms with Gasteiger partial charge in [0.25, 0.3) is 0 Å². The first-order valence-electron chi connectivity index (χ1n) is 15.2. The first kappa shape index (κ1) is 28.5. The van der Waals surface area contributed by atoms with Gasteiger partial charge in [0.2, 0.25) is 5.91 Å². The quantitative estimate of drug-likeness (QED) is 0.143. The molecule has 8 heteroatoms. The lowest BCUT2D eigenvalue weighted by Gasteiger charge is -2.60. The van der Waals surface area contributed by atoms with Crippen molar-refractivity contribution in [2.45, 2.75) is 81.9 Å². The maximum atomic E-state index is 13.5. The smallest absolute Gasteiger partial charge is 0.308 e.